The van der Waals surface area contributed by atoms with E-state index in [4.69, 9.17) is 14.6 Å². The van der Waals surface area contributed by atoms with Gasteiger partial charge in [0, 0.05) is 26.1 Å². The van der Waals surface area contributed by atoms with Crippen molar-refractivity contribution in [2.45, 2.75) is 25.9 Å². The Morgan fingerprint density at radius 1 is 1.29 bits per heavy atom. The number of carbonyl (C=O) groups is 2. The Hall–Kier alpha value is -2.44. The topological polar surface area (TPSA) is 96.9 Å². The number of benzene rings is 1. The van der Waals surface area contributed by atoms with Gasteiger partial charge < -0.3 is 25.2 Å². The molecule has 7 heteroatoms. The molecule has 1 aromatic carbocycles. The summed E-state index contributed by atoms with van der Waals surface area (Å²) in [6.45, 7) is 4.02. The molecule has 7 nitrogen and oxygen atoms in total. The van der Waals surface area contributed by atoms with Gasteiger partial charge in [-0.1, -0.05) is 12.1 Å². The Labute approximate surface area is 123 Å². The minimum Gasteiger partial charge on any atom is -0.483 e. The highest BCUT2D eigenvalue weighted by Gasteiger charge is 2.32. The highest BCUT2D eigenvalue weighted by molar-refractivity contribution is 5.71. The van der Waals surface area contributed by atoms with Gasteiger partial charge in [0.2, 0.25) is 0 Å². The molecular formula is C14H20N2O5. The molecule has 2 rings (SSSR count). The van der Waals surface area contributed by atoms with Gasteiger partial charge in [-0.05, 0) is 19.9 Å². The van der Waals surface area contributed by atoms with E-state index in [1.807, 2.05) is 31.3 Å². The zero-order valence-electron chi connectivity index (χ0n) is 12.5. The first-order chi connectivity index (χ1) is 9.79. The van der Waals surface area contributed by atoms with E-state index in [0.29, 0.717) is 11.5 Å². The van der Waals surface area contributed by atoms with Crippen molar-refractivity contribution in [1.82, 2.24) is 10.6 Å². The summed E-state index contributed by atoms with van der Waals surface area (Å²) in [5.41, 5.74) is 0.844. The third kappa shape index (κ3) is 4.87. The summed E-state index contributed by atoms with van der Waals surface area (Å²) in [6, 6.07) is 5.58. The van der Waals surface area contributed by atoms with Crippen LogP contribution in [0, 0.1) is 0 Å². The molecule has 1 heterocycles. The van der Waals surface area contributed by atoms with Crippen LogP contribution >= 0.6 is 0 Å². The number of hydrogen-bond acceptors (Lipinski definition) is 4. The van der Waals surface area contributed by atoms with E-state index in [1.54, 1.807) is 6.07 Å². The van der Waals surface area contributed by atoms with Crippen LogP contribution in [0.2, 0.25) is 0 Å². The molecule has 1 aliphatic rings. The molecule has 0 spiro atoms. The fraction of sp³-hybridized carbons (Fsp3) is 0.429. The molecule has 21 heavy (non-hydrogen) atoms. The lowest BCUT2D eigenvalue weighted by Gasteiger charge is -2.17. The molecule has 1 aliphatic heterocycles. The summed E-state index contributed by atoms with van der Waals surface area (Å²) in [4.78, 5) is 20.4. The fourth-order valence-corrected chi connectivity index (χ4v) is 1.82. The molecule has 0 aliphatic carbocycles. The highest BCUT2D eigenvalue weighted by atomic mass is 16.6. The minimum absolute atomic E-state index is 0.232. The molecule has 3 N–H and O–H groups in total. The van der Waals surface area contributed by atoms with Gasteiger partial charge >= 0.3 is 12.2 Å². The third-order valence-electron chi connectivity index (χ3n) is 2.68. The van der Waals surface area contributed by atoms with E-state index < -0.39 is 12.2 Å². The van der Waals surface area contributed by atoms with Crippen molar-refractivity contribution in [3.05, 3.63) is 23.8 Å². The summed E-state index contributed by atoms with van der Waals surface area (Å²) in [7, 11) is 2.87. The second kappa shape index (κ2) is 6.83. The smallest absolute Gasteiger partial charge is 0.412 e. The van der Waals surface area contributed by atoms with E-state index in [1.165, 1.54) is 14.1 Å². The zero-order chi connectivity index (χ0) is 16.0. The number of rotatable bonds is 1. The highest BCUT2D eigenvalue weighted by Crippen LogP contribution is 2.41. The van der Waals surface area contributed by atoms with Crippen LogP contribution in [0.1, 0.15) is 19.4 Å². The summed E-state index contributed by atoms with van der Waals surface area (Å²) < 4.78 is 10.9. The number of fused-ring (bicyclic) bond motifs is 1. The molecule has 0 fully saturated rings. The van der Waals surface area contributed by atoms with Crippen LogP contribution in [0.15, 0.2) is 18.2 Å². The standard InChI is InChI=1S/C12H15NO3.C2H5NO2/c1-12(2)7-8-5-4-6-9(10(8)16-12)15-11(14)13-3;1-3-2(4)5/h4-6H,7H2,1-3H3,(H,13,14);3H,1H3,(H,4,5). The first-order valence-corrected chi connectivity index (χ1v) is 6.40. The number of amides is 2. The van der Waals surface area contributed by atoms with Gasteiger partial charge in [-0.25, -0.2) is 9.59 Å². The Kier molecular flexibility index (Phi) is 5.40. The van der Waals surface area contributed by atoms with Crippen molar-refractivity contribution in [2.24, 2.45) is 0 Å². The summed E-state index contributed by atoms with van der Waals surface area (Å²) in [5.74, 6) is 1.15. The van der Waals surface area contributed by atoms with E-state index in [9.17, 15) is 9.59 Å². The van der Waals surface area contributed by atoms with Gasteiger partial charge in [0.15, 0.2) is 11.5 Å². The lowest BCUT2D eigenvalue weighted by Crippen LogP contribution is -2.25. The Bertz CT molecular complexity index is 528. The Balaban J connectivity index is 0.000000383. The zero-order valence-corrected chi connectivity index (χ0v) is 12.5. The second-order valence-electron chi connectivity index (χ2n) is 4.98. The maximum Gasteiger partial charge on any atom is 0.412 e. The number of nitrogens with one attached hydrogen (secondary N) is 2. The fourth-order valence-electron chi connectivity index (χ4n) is 1.82. The predicted molar refractivity (Wildman–Crippen MR) is 77.0 cm³/mol. The van der Waals surface area contributed by atoms with Crippen LogP contribution in [0.4, 0.5) is 9.59 Å². The molecule has 0 saturated carbocycles. The first-order valence-electron chi connectivity index (χ1n) is 6.40. The molecular weight excluding hydrogens is 276 g/mol. The van der Waals surface area contributed by atoms with Crippen LogP contribution in [0.3, 0.4) is 0 Å². The molecule has 0 saturated heterocycles. The first kappa shape index (κ1) is 16.6. The minimum atomic E-state index is -0.995. The maximum atomic E-state index is 11.2. The summed E-state index contributed by atoms with van der Waals surface area (Å²) in [6.07, 6.45) is -0.653. The number of para-hydroxylation sites is 1. The molecule has 0 radical (unpaired) electrons. The van der Waals surface area contributed by atoms with Gasteiger partial charge in [-0.15, -0.1) is 0 Å². The van der Waals surface area contributed by atoms with Crippen molar-refractivity contribution in [3.63, 3.8) is 0 Å². The average molecular weight is 296 g/mol. The number of carboxylic acid groups (broad SMARTS) is 1. The SMILES string of the molecule is CNC(=O)O.CNC(=O)Oc1cccc2c1OC(C)(C)C2. The Morgan fingerprint density at radius 2 is 1.90 bits per heavy atom. The van der Waals surface area contributed by atoms with Gasteiger partial charge in [-0.2, -0.15) is 0 Å². The predicted octanol–water partition coefficient (Wildman–Crippen LogP) is 2.00. The van der Waals surface area contributed by atoms with Crippen molar-refractivity contribution in [2.75, 3.05) is 14.1 Å². The molecule has 0 aromatic heterocycles. The van der Waals surface area contributed by atoms with Crippen LogP contribution in [0.25, 0.3) is 0 Å². The van der Waals surface area contributed by atoms with Crippen LogP contribution < -0.4 is 20.1 Å². The normalized spacial score (nSPS) is 13.9. The van der Waals surface area contributed by atoms with E-state index in [0.717, 1.165) is 12.0 Å². The lowest BCUT2D eigenvalue weighted by atomic mass is 10.0. The molecule has 0 unspecified atom stereocenters. The van der Waals surface area contributed by atoms with Crippen LogP contribution in [-0.2, 0) is 6.42 Å². The van der Waals surface area contributed by atoms with Crippen LogP contribution in [0.5, 0.6) is 11.5 Å². The van der Waals surface area contributed by atoms with Crippen molar-refractivity contribution in [3.8, 4) is 11.5 Å². The van der Waals surface area contributed by atoms with Gasteiger partial charge in [0.05, 0.1) is 0 Å². The molecule has 0 atom stereocenters. The average Bonchev–Trinajstić information content (AvgIpc) is 2.74. The van der Waals surface area contributed by atoms with Crippen molar-refractivity contribution in [1.29, 1.82) is 0 Å². The number of hydrogen-bond donors (Lipinski definition) is 3. The number of ether oxygens (including phenoxy) is 2. The quantitative estimate of drug-likeness (QED) is 0.736. The van der Waals surface area contributed by atoms with Gasteiger partial charge in [0.25, 0.3) is 0 Å². The molecule has 116 valence electrons. The molecule has 2 amide bonds. The third-order valence-corrected chi connectivity index (χ3v) is 2.68. The number of carbonyl (C=O) groups excluding carboxylic acids is 1. The van der Waals surface area contributed by atoms with Crippen molar-refractivity contribution >= 4 is 12.2 Å². The molecule has 1 aromatic rings. The van der Waals surface area contributed by atoms with E-state index in [2.05, 4.69) is 5.32 Å². The maximum absolute atomic E-state index is 11.2. The monoisotopic (exact) mass is 296 g/mol. The van der Waals surface area contributed by atoms with E-state index >= 15 is 0 Å². The van der Waals surface area contributed by atoms with Gasteiger partial charge in [0.1, 0.15) is 5.60 Å². The summed E-state index contributed by atoms with van der Waals surface area (Å²) in [5, 5.41) is 12.0. The lowest BCUT2D eigenvalue weighted by molar-refractivity contribution is 0.133. The van der Waals surface area contributed by atoms with Gasteiger partial charge in [-0.3, -0.25) is 0 Å². The van der Waals surface area contributed by atoms with E-state index in [-0.39, 0.29) is 5.60 Å². The van der Waals surface area contributed by atoms with Crippen molar-refractivity contribution < 1.29 is 24.2 Å². The summed E-state index contributed by atoms with van der Waals surface area (Å²) >= 11 is 0. The second-order valence-corrected chi connectivity index (χ2v) is 4.98. The molecule has 0 bridgehead atoms. The largest absolute Gasteiger partial charge is 0.483 e. The Morgan fingerprint density at radius 3 is 2.43 bits per heavy atom. The van der Waals surface area contributed by atoms with Crippen LogP contribution in [-0.4, -0.2) is 37.0 Å².